The summed E-state index contributed by atoms with van der Waals surface area (Å²) in [7, 11) is -2.59. The highest BCUT2D eigenvalue weighted by atomic mass is 79.9. The van der Waals surface area contributed by atoms with E-state index in [1.807, 2.05) is 4.72 Å². The predicted molar refractivity (Wildman–Crippen MR) is 35.0 cm³/mol. The van der Waals surface area contributed by atoms with E-state index in [0.717, 1.165) is 0 Å². The summed E-state index contributed by atoms with van der Waals surface area (Å²) in [5.41, 5.74) is 0. The molecule has 1 N–H and O–H groups in total. The van der Waals surface area contributed by atoms with Gasteiger partial charge in [0.1, 0.15) is 4.95 Å². The van der Waals surface area contributed by atoms with Crippen LogP contribution >= 0.6 is 15.9 Å². The molecule has 0 aromatic heterocycles. The molecule has 0 saturated carbocycles. The van der Waals surface area contributed by atoms with E-state index >= 15 is 0 Å². The molecule has 5 heteroatoms. The van der Waals surface area contributed by atoms with E-state index in [1.54, 1.807) is 0 Å². The first-order valence-electron chi connectivity index (χ1n) is 1.67. The molecule has 0 radical (unpaired) electrons. The Morgan fingerprint density at radius 2 is 2.25 bits per heavy atom. The summed E-state index contributed by atoms with van der Waals surface area (Å²) < 4.78 is 21.6. The summed E-state index contributed by atoms with van der Waals surface area (Å²) in [6.45, 7) is 0. The van der Waals surface area contributed by atoms with Gasteiger partial charge in [0.15, 0.2) is 0 Å². The smallest absolute Gasteiger partial charge is 0.203 e. The molecule has 0 aromatic rings. The van der Waals surface area contributed by atoms with E-state index < -0.39 is 15.8 Å². The Kier molecular flexibility index (Phi) is 3.87. The Balaban J connectivity index is 3.60. The number of rotatable bonds is 2. The van der Waals surface area contributed by atoms with Crippen LogP contribution in [0.4, 0.5) is 0 Å². The molecule has 0 fully saturated rings. The van der Waals surface area contributed by atoms with Gasteiger partial charge in [-0.05, 0) is 0 Å². The summed E-state index contributed by atoms with van der Waals surface area (Å²) in [5, 5.41) is 0. The van der Waals surface area contributed by atoms with Gasteiger partial charge in [0.05, 0.1) is 0 Å². The highest BCUT2D eigenvalue weighted by Gasteiger charge is 1.94. The molecule has 0 heterocycles. The van der Waals surface area contributed by atoms with E-state index in [0.29, 0.717) is 0 Å². The van der Waals surface area contributed by atoms with Gasteiger partial charge in [-0.25, -0.2) is 8.42 Å². The molecular weight excluding hydrogens is 194 g/mol. The fourth-order valence-corrected chi connectivity index (χ4v) is 0.891. The molecule has 0 aliphatic rings. The Hall–Kier alpha value is -0.0500. The third kappa shape index (κ3) is 4.12. The van der Waals surface area contributed by atoms with Crippen LogP contribution in [0, 0.1) is 12.3 Å². The fraction of sp³-hybridized carbons (Fsp3) is 0.333. The zero-order valence-electron chi connectivity index (χ0n) is 3.80. The molecule has 0 aromatic carbocycles. The summed E-state index contributed by atoms with van der Waals surface area (Å²) in [4.78, 5) is -0.580. The second kappa shape index (κ2) is 3.89. The second-order valence-electron chi connectivity index (χ2n) is 0.915. The zero-order chi connectivity index (χ0) is 6.57. The minimum atomic E-state index is -2.59. The standard InChI is InChI=1S/C3H4BrNO2S/c1-2-3(4)5-8(6)7/h1,3,8H,(H,5,6,7). The number of thiol groups is 1. The lowest BCUT2D eigenvalue weighted by Gasteiger charge is -1.92. The van der Waals surface area contributed by atoms with Crippen molar-refractivity contribution in [2.75, 3.05) is 0 Å². The van der Waals surface area contributed by atoms with Crippen LogP contribution in [-0.2, 0) is 10.9 Å². The van der Waals surface area contributed by atoms with Gasteiger partial charge >= 0.3 is 0 Å². The normalized spacial score (nSPS) is 13.1. The Bertz CT molecular complexity index is 163. The number of hydrogen-bond donors (Lipinski definition) is 2. The number of hydrogen-bond acceptors (Lipinski definition) is 2. The van der Waals surface area contributed by atoms with Crippen LogP contribution in [0.1, 0.15) is 0 Å². The van der Waals surface area contributed by atoms with Crippen LogP contribution in [0.25, 0.3) is 0 Å². The molecule has 0 saturated heterocycles. The van der Waals surface area contributed by atoms with Gasteiger partial charge in [-0.3, -0.25) is 0 Å². The van der Waals surface area contributed by atoms with Gasteiger partial charge in [-0.15, -0.1) is 6.42 Å². The van der Waals surface area contributed by atoms with Crippen molar-refractivity contribution in [1.29, 1.82) is 0 Å². The minimum absolute atomic E-state index is 0.580. The first kappa shape index (κ1) is 7.95. The van der Waals surface area contributed by atoms with E-state index in [9.17, 15) is 8.42 Å². The number of halogens is 1. The number of nitrogens with one attached hydrogen (secondary N) is 1. The lowest BCUT2D eigenvalue weighted by molar-refractivity contribution is 0.604. The largest absolute Gasteiger partial charge is 0.215 e. The highest BCUT2D eigenvalue weighted by Crippen LogP contribution is 1.88. The van der Waals surface area contributed by atoms with Crippen LogP contribution in [0.2, 0.25) is 0 Å². The molecule has 3 nitrogen and oxygen atoms in total. The molecule has 1 unspecified atom stereocenters. The summed E-state index contributed by atoms with van der Waals surface area (Å²) in [5.74, 6) is 2.12. The maximum absolute atomic E-state index is 9.77. The quantitative estimate of drug-likeness (QED) is 0.271. The average molecular weight is 198 g/mol. The SMILES string of the molecule is C#CC(Br)N[SH](=O)=O. The molecule has 1 atom stereocenters. The summed E-state index contributed by atoms with van der Waals surface area (Å²) >= 11 is 2.85. The van der Waals surface area contributed by atoms with Crippen molar-refractivity contribution in [3.8, 4) is 12.3 Å². The van der Waals surface area contributed by atoms with Crippen LogP contribution in [0.3, 0.4) is 0 Å². The van der Waals surface area contributed by atoms with Crippen molar-refractivity contribution in [2.24, 2.45) is 0 Å². The van der Waals surface area contributed by atoms with Crippen molar-refractivity contribution in [2.45, 2.75) is 4.95 Å². The highest BCUT2D eigenvalue weighted by molar-refractivity contribution is 9.09. The molecule has 46 valence electrons. The van der Waals surface area contributed by atoms with E-state index in [4.69, 9.17) is 6.42 Å². The van der Waals surface area contributed by atoms with Gasteiger partial charge in [0.2, 0.25) is 10.9 Å². The lowest BCUT2D eigenvalue weighted by Crippen LogP contribution is -2.18. The molecule has 0 bridgehead atoms. The van der Waals surface area contributed by atoms with Crippen LogP contribution in [0.5, 0.6) is 0 Å². The van der Waals surface area contributed by atoms with E-state index in [1.165, 1.54) is 0 Å². The Morgan fingerprint density at radius 3 is 2.38 bits per heavy atom. The maximum Gasteiger partial charge on any atom is 0.203 e. The average Bonchev–Trinajstić information content (AvgIpc) is 1.65. The maximum atomic E-state index is 9.77. The van der Waals surface area contributed by atoms with Gasteiger partial charge in [0.25, 0.3) is 0 Å². The third-order valence-corrected chi connectivity index (χ3v) is 1.68. The van der Waals surface area contributed by atoms with Crippen molar-refractivity contribution in [1.82, 2.24) is 4.72 Å². The van der Waals surface area contributed by atoms with Crippen molar-refractivity contribution in [3.63, 3.8) is 0 Å². The van der Waals surface area contributed by atoms with Crippen LogP contribution in [-0.4, -0.2) is 13.4 Å². The van der Waals surface area contributed by atoms with Crippen LogP contribution in [0.15, 0.2) is 0 Å². The van der Waals surface area contributed by atoms with Crippen molar-refractivity contribution in [3.05, 3.63) is 0 Å². The molecule has 0 rings (SSSR count). The Labute approximate surface area is 57.7 Å². The summed E-state index contributed by atoms with van der Waals surface area (Å²) in [6, 6.07) is 0. The fourth-order valence-electron chi connectivity index (χ4n) is 0.130. The molecule has 8 heavy (non-hydrogen) atoms. The lowest BCUT2D eigenvalue weighted by atomic mass is 10.7. The second-order valence-corrected chi connectivity index (χ2v) is 2.60. The summed E-state index contributed by atoms with van der Waals surface area (Å²) in [6.07, 6.45) is 4.79. The van der Waals surface area contributed by atoms with Crippen molar-refractivity contribution < 1.29 is 8.42 Å². The van der Waals surface area contributed by atoms with Gasteiger partial charge < -0.3 is 0 Å². The van der Waals surface area contributed by atoms with Crippen LogP contribution < -0.4 is 4.72 Å². The molecule has 0 spiro atoms. The van der Waals surface area contributed by atoms with E-state index in [-0.39, 0.29) is 0 Å². The molecule has 0 amide bonds. The molecule has 0 aliphatic carbocycles. The number of alkyl halides is 1. The minimum Gasteiger partial charge on any atom is -0.215 e. The molecular formula is C3H4BrNO2S. The van der Waals surface area contributed by atoms with E-state index in [2.05, 4.69) is 21.9 Å². The topological polar surface area (TPSA) is 46.2 Å². The zero-order valence-corrected chi connectivity index (χ0v) is 6.28. The van der Waals surface area contributed by atoms with Gasteiger partial charge in [-0.2, -0.15) is 4.72 Å². The van der Waals surface area contributed by atoms with Gasteiger partial charge in [-0.1, -0.05) is 21.9 Å². The monoisotopic (exact) mass is 197 g/mol. The van der Waals surface area contributed by atoms with Crippen molar-refractivity contribution >= 4 is 26.8 Å². The number of terminal acetylenes is 1. The molecule has 0 aliphatic heterocycles. The Morgan fingerprint density at radius 1 is 1.75 bits per heavy atom. The third-order valence-electron chi connectivity index (χ3n) is 0.365. The first-order chi connectivity index (χ1) is 3.66. The van der Waals surface area contributed by atoms with Gasteiger partial charge in [0, 0.05) is 0 Å². The first-order valence-corrected chi connectivity index (χ1v) is 3.77. The predicted octanol–water partition coefficient (Wildman–Crippen LogP) is -0.543.